The van der Waals surface area contributed by atoms with Crippen LogP contribution < -0.4 is 16.1 Å². The molecule has 11 heteroatoms. The molecular formula is C22H30N6O4S. The van der Waals surface area contributed by atoms with Crippen LogP contribution in [-0.4, -0.2) is 68.9 Å². The van der Waals surface area contributed by atoms with Crippen LogP contribution in [0, 0.1) is 13.8 Å². The molecule has 4 rings (SSSR count). The van der Waals surface area contributed by atoms with Crippen LogP contribution in [0.25, 0.3) is 5.69 Å². The summed E-state index contributed by atoms with van der Waals surface area (Å²) in [5.74, 6) is 0. The highest BCUT2D eigenvalue weighted by molar-refractivity contribution is 7.89. The molecule has 2 amide bonds. The second kappa shape index (κ2) is 9.54. The number of carbonyl (C=O) groups excluding carboxylic acids is 1. The lowest BCUT2D eigenvalue weighted by molar-refractivity contribution is 0.0730. The molecule has 0 spiro atoms. The monoisotopic (exact) mass is 474 g/mol. The number of nitrogens with two attached hydrogens (primary N) is 1. The van der Waals surface area contributed by atoms with E-state index in [1.807, 2.05) is 30.5 Å². The minimum absolute atomic E-state index is 0.264. The molecule has 178 valence electrons. The molecule has 2 aliphatic rings. The molecule has 33 heavy (non-hydrogen) atoms. The Morgan fingerprint density at radius 2 is 1.79 bits per heavy atom. The van der Waals surface area contributed by atoms with Gasteiger partial charge in [0.25, 0.3) is 0 Å². The summed E-state index contributed by atoms with van der Waals surface area (Å²) in [6.45, 7) is 7.25. The van der Waals surface area contributed by atoms with Crippen LogP contribution in [0.15, 0.2) is 34.3 Å². The first kappa shape index (κ1) is 23.3. The summed E-state index contributed by atoms with van der Waals surface area (Å²) < 4.78 is 35.6. The number of anilines is 1. The smallest absolute Gasteiger partial charge is 0.332 e. The topological polar surface area (TPSA) is 122 Å². The lowest BCUT2D eigenvalue weighted by atomic mass is 10.2. The van der Waals surface area contributed by atoms with Crippen molar-refractivity contribution in [2.75, 3.05) is 44.3 Å². The van der Waals surface area contributed by atoms with E-state index in [1.165, 1.54) is 10.5 Å². The van der Waals surface area contributed by atoms with E-state index < -0.39 is 16.1 Å². The number of aryl methyl sites for hydroxylation is 1. The number of hydrogen-bond donors (Lipinski definition) is 2. The van der Waals surface area contributed by atoms with Gasteiger partial charge in [0, 0.05) is 43.1 Å². The second-order valence-electron chi connectivity index (χ2n) is 8.26. The zero-order valence-electron chi connectivity index (χ0n) is 19.0. The molecule has 2 aliphatic heterocycles. The third kappa shape index (κ3) is 4.75. The lowest BCUT2D eigenvalue weighted by Gasteiger charge is -2.28. The summed E-state index contributed by atoms with van der Waals surface area (Å²) in [7, 11) is -3.64. The first-order chi connectivity index (χ1) is 15.8. The fraction of sp³-hybridized carbons (Fsp3) is 0.455. The maximum Gasteiger partial charge on any atom is 0.332 e. The van der Waals surface area contributed by atoms with Gasteiger partial charge in [-0.3, -0.25) is 0 Å². The van der Waals surface area contributed by atoms with Crippen LogP contribution in [0.4, 0.5) is 10.5 Å². The Balaban J connectivity index is 1.80. The fourth-order valence-corrected chi connectivity index (χ4v) is 5.89. The average molecular weight is 475 g/mol. The second-order valence-corrected chi connectivity index (χ2v) is 10.2. The first-order valence-electron chi connectivity index (χ1n) is 11.0. The molecular weight excluding hydrogens is 444 g/mol. The number of rotatable bonds is 6. The number of primary amides is 1. The van der Waals surface area contributed by atoms with Crippen molar-refractivity contribution in [3.63, 3.8) is 0 Å². The summed E-state index contributed by atoms with van der Waals surface area (Å²) in [4.78, 5) is 13.5. The highest BCUT2D eigenvalue weighted by atomic mass is 32.2. The predicted molar refractivity (Wildman–Crippen MR) is 127 cm³/mol. The van der Waals surface area contributed by atoms with Crippen molar-refractivity contribution in [2.24, 2.45) is 10.8 Å². The Labute approximate surface area is 194 Å². The van der Waals surface area contributed by atoms with E-state index in [1.54, 1.807) is 12.1 Å². The van der Waals surface area contributed by atoms with E-state index >= 15 is 0 Å². The number of nitrogens with one attached hydrogen (secondary N) is 1. The first-order valence-corrected chi connectivity index (χ1v) is 12.5. The molecule has 2 fully saturated rings. The van der Waals surface area contributed by atoms with Gasteiger partial charge in [0.2, 0.25) is 10.0 Å². The number of ether oxygens (including phenoxy) is 1. The van der Waals surface area contributed by atoms with Gasteiger partial charge in [0.15, 0.2) is 0 Å². The Kier molecular flexibility index (Phi) is 6.73. The molecule has 0 atom stereocenters. The van der Waals surface area contributed by atoms with Crippen molar-refractivity contribution in [1.82, 2.24) is 14.3 Å². The number of hydrazone groups is 1. The van der Waals surface area contributed by atoms with Crippen LogP contribution >= 0.6 is 0 Å². The van der Waals surface area contributed by atoms with Crippen molar-refractivity contribution >= 4 is 28.0 Å². The molecule has 3 heterocycles. The molecule has 1 aromatic carbocycles. The van der Waals surface area contributed by atoms with Crippen LogP contribution in [0.5, 0.6) is 0 Å². The zero-order chi connectivity index (χ0) is 23.6. The SMILES string of the molecule is Cc1cc(C=NNC(N)=O)c(C)n1-c1cc(S(=O)(=O)N2CCOCC2)ccc1N1CCCC1. The van der Waals surface area contributed by atoms with Gasteiger partial charge in [-0.2, -0.15) is 9.41 Å². The van der Waals surface area contributed by atoms with Crippen LogP contribution in [0.1, 0.15) is 29.8 Å². The zero-order valence-corrected chi connectivity index (χ0v) is 19.8. The van der Waals surface area contributed by atoms with Gasteiger partial charge in [-0.15, -0.1) is 0 Å². The molecule has 10 nitrogen and oxygen atoms in total. The van der Waals surface area contributed by atoms with E-state index in [4.69, 9.17) is 10.5 Å². The van der Waals surface area contributed by atoms with E-state index in [0.29, 0.717) is 26.3 Å². The Hall–Kier alpha value is -2.89. The van der Waals surface area contributed by atoms with Gasteiger partial charge in [-0.25, -0.2) is 18.6 Å². The predicted octanol–water partition coefficient (Wildman–Crippen LogP) is 1.72. The summed E-state index contributed by atoms with van der Waals surface area (Å²) in [6, 6.07) is 6.58. The van der Waals surface area contributed by atoms with Crippen molar-refractivity contribution < 1.29 is 17.9 Å². The number of nitrogens with zero attached hydrogens (tertiary/aromatic N) is 4. The standard InChI is InChI=1S/C22H30N6O4S/c1-16-13-18(15-24-25-22(23)29)17(2)28(16)21-14-19(5-6-20(21)26-7-3-4-8-26)33(30,31)27-9-11-32-12-10-27/h5-6,13-15H,3-4,7-12H2,1-2H3,(H3,23,25,29). The summed E-state index contributed by atoms with van der Waals surface area (Å²) in [6.07, 6.45) is 3.74. The molecule has 1 aromatic heterocycles. The van der Waals surface area contributed by atoms with Crippen molar-refractivity contribution in [2.45, 2.75) is 31.6 Å². The van der Waals surface area contributed by atoms with Crippen molar-refractivity contribution in [1.29, 1.82) is 0 Å². The third-order valence-electron chi connectivity index (χ3n) is 6.09. The van der Waals surface area contributed by atoms with Gasteiger partial charge < -0.3 is 19.9 Å². The molecule has 0 radical (unpaired) electrons. The fourth-order valence-electron chi connectivity index (χ4n) is 4.46. The molecule has 2 saturated heterocycles. The number of carbonyl (C=O) groups is 1. The molecule has 3 N–H and O–H groups in total. The van der Waals surface area contributed by atoms with E-state index in [9.17, 15) is 13.2 Å². The molecule has 2 aromatic rings. The quantitative estimate of drug-likeness (QED) is 0.488. The number of aromatic nitrogens is 1. The molecule has 0 saturated carbocycles. The number of benzene rings is 1. The van der Waals surface area contributed by atoms with Gasteiger partial charge >= 0.3 is 6.03 Å². The van der Waals surface area contributed by atoms with Crippen molar-refractivity contribution in [3.8, 4) is 5.69 Å². The molecule has 0 unspecified atom stereocenters. The van der Waals surface area contributed by atoms with Gasteiger partial charge in [0.1, 0.15) is 0 Å². The number of sulfonamides is 1. The largest absolute Gasteiger partial charge is 0.379 e. The Morgan fingerprint density at radius 1 is 1.09 bits per heavy atom. The summed E-state index contributed by atoms with van der Waals surface area (Å²) in [5, 5.41) is 3.88. The van der Waals surface area contributed by atoms with E-state index in [2.05, 4.69) is 15.4 Å². The van der Waals surface area contributed by atoms with Gasteiger partial charge in [-0.05, 0) is 51.0 Å². The lowest BCUT2D eigenvalue weighted by Crippen LogP contribution is -2.40. The van der Waals surface area contributed by atoms with Crippen LogP contribution in [0.2, 0.25) is 0 Å². The highest BCUT2D eigenvalue weighted by Gasteiger charge is 2.28. The summed E-state index contributed by atoms with van der Waals surface area (Å²) >= 11 is 0. The minimum atomic E-state index is -3.64. The Morgan fingerprint density at radius 3 is 2.45 bits per heavy atom. The number of morpholine rings is 1. The van der Waals surface area contributed by atoms with E-state index in [-0.39, 0.29) is 4.90 Å². The molecule has 0 aliphatic carbocycles. The normalized spacial score (nSPS) is 17.7. The maximum atomic E-state index is 13.4. The van der Waals surface area contributed by atoms with Crippen LogP contribution in [-0.2, 0) is 14.8 Å². The maximum absolute atomic E-state index is 13.4. The number of amides is 2. The van der Waals surface area contributed by atoms with Gasteiger partial charge in [-0.1, -0.05) is 0 Å². The summed E-state index contributed by atoms with van der Waals surface area (Å²) in [5.41, 5.74) is 11.7. The minimum Gasteiger partial charge on any atom is -0.379 e. The number of hydrogen-bond acceptors (Lipinski definition) is 6. The Bertz CT molecular complexity index is 1160. The average Bonchev–Trinajstić information content (AvgIpc) is 3.42. The molecule has 0 bridgehead atoms. The van der Waals surface area contributed by atoms with Crippen LogP contribution in [0.3, 0.4) is 0 Å². The third-order valence-corrected chi connectivity index (χ3v) is 7.99. The highest BCUT2D eigenvalue weighted by Crippen LogP contribution is 2.34. The van der Waals surface area contributed by atoms with Crippen molar-refractivity contribution in [3.05, 3.63) is 41.2 Å². The van der Waals surface area contributed by atoms with E-state index in [0.717, 1.165) is 54.3 Å². The number of urea groups is 1. The van der Waals surface area contributed by atoms with Gasteiger partial charge in [0.05, 0.1) is 35.7 Å².